The predicted molar refractivity (Wildman–Crippen MR) is 116 cm³/mol. The molecule has 0 saturated heterocycles. The molecule has 1 heterocycles. The number of imidazole rings is 1. The Labute approximate surface area is 179 Å². The molecular weight excluding hydrogens is 404 g/mol. The first-order valence-corrected chi connectivity index (χ1v) is 9.89. The Hall–Kier alpha value is -3.18. The third-order valence-electron chi connectivity index (χ3n) is 5.03. The second-order valence-corrected chi connectivity index (χ2v) is 7.57. The average molecular weight is 424 g/mol. The van der Waals surface area contributed by atoms with Crippen LogP contribution in [0.4, 0.5) is 14.5 Å². The molecule has 0 saturated carbocycles. The van der Waals surface area contributed by atoms with E-state index in [2.05, 4.69) is 14.9 Å². The van der Waals surface area contributed by atoms with Gasteiger partial charge in [-0.15, -0.1) is 0 Å². The number of nitrogens with one attached hydrogen (secondary N) is 1. The summed E-state index contributed by atoms with van der Waals surface area (Å²) in [6.45, 7) is 0. The molecule has 1 N–H and O–H groups in total. The Bertz CT molecular complexity index is 1110. The van der Waals surface area contributed by atoms with Gasteiger partial charge in [0.25, 0.3) is 0 Å². The van der Waals surface area contributed by atoms with Crippen LogP contribution in [0.2, 0.25) is 5.02 Å². The molecule has 0 aliphatic carbocycles. The predicted octanol–water partition coefficient (Wildman–Crippen LogP) is 6.16. The van der Waals surface area contributed by atoms with E-state index >= 15 is 0 Å². The lowest BCUT2D eigenvalue weighted by atomic mass is 10.0. The monoisotopic (exact) mass is 423 g/mol. The summed E-state index contributed by atoms with van der Waals surface area (Å²) < 4.78 is 26.6. The third-order valence-corrected chi connectivity index (χ3v) is 5.29. The molecule has 3 nitrogen and oxygen atoms in total. The fraction of sp³-hybridized carbons (Fsp3) is 0.125. The molecule has 30 heavy (non-hydrogen) atoms. The molecule has 152 valence electrons. The van der Waals surface area contributed by atoms with Gasteiger partial charge < -0.3 is 9.88 Å². The minimum atomic E-state index is -0.279. The highest BCUT2D eigenvalue weighted by Crippen LogP contribution is 2.31. The number of hydrogen-bond acceptors (Lipinski definition) is 2. The molecule has 0 spiro atoms. The maximum absolute atomic E-state index is 13.4. The number of nitrogens with zero attached hydrogens (tertiary/aromatic N) is 2. The van der Waals surface area contributed by atoms with Crippen molar-refractivity contribution >= 4 is 17.3 Å². The van der Waals surface area contributed by atoms with E-state index in [0.717, 1.165) is 28.3 Å². The summed E-state index contributed by atoms with van der Waals surface area (Å²) in [5.41, 5.74) is 3.74. The number of aromatic nitrogens is 2. The Kier molecular flexibility index (Phi) is 5.81. The summed E-state index contributed by atoms with van der Waals surface area (Å²) in [5.74, 6) is 0.240. The molecule has 1 atom stereocenters. The average Bonchev–Trinajstić information content (AvgIpc) is 3.19. The van der Waals surface area contributed by atoms with Gasteiger partial charge in [0.1, 0.15) is 17.5 Å². The van der Waals surface area contributed by atoms with E-state index in [-0.39, 0.29) is 17.7 Å². The first-order valence-electron chi connectivity index (χ1n) is 9.52. The number of aromatic amines is 1. The van der Waals surface area contributed by atoms with Crippen LogP contribution in [-0.2, 0) is 6.42 Å². The van der Waals surface area contributed by atoms with Crippen LogP contribution in [0.5, 0.6) is 0 Å². The summed E-state index contributed by atoms with van der Waals surface area (Å²) in [5, 5.41) is 0.656. The van der Waals surface area contributed by atoms with Crippen molar-refractivity contribution in [3.05, 3.63) is 118 Å². The minimum absolute atomic E-state index is 0.179. The highest BCUT2D eigenvalue weighted by molar-refractivity contribution is 6.30. The first kappa shape index (κ1) is 20.1. The number of H-pyrrole nitrogens is 1. The van der Waals surface area contributed by atoms with Gasteiger partial charge in [0, 0.05) is 24.2 Å². The number of hydrogen-bond donors (Lipinski definition) is 1. The minimum Gasteiger partial charge on any atom is -0.362 e. The number of anilines is 1. The van der Waals surface area contributed by atoms with Gasteiger partial charge in [0.2, 0.25) is 0 Å². The van der Waals surface area contributed by atoms with Crippen molar-refractivity contribution in [2.75, 3.05) is 11.9 Å². The normalized spacial score (nSPS) is 12.0. The molecule has 4 aromatic rings. The van der Waals surface area contributed by atoms with E-state index in [4.69, 9.17) is 11.6 Å². The molecule has 0 fully saturated rings. The zero-order valence-corrected chi connectivity index (χ0v) is 17.1. The smallest absolute Gasteiger partial charge is 0.123 e. The number of halogens is 3. The lowest BCUT2D eigenvalue weighted by molar-refractivity contribution is 0.626. The van der Waals surface area contributed by atoms with Gasteiger partial charge in [-0.2, -0.15) is 0 Å². The second kappa shape index (κ2) is 8.67. The van der Waals surface area contributed by atoms with Gasteiger partial charge in [-0.3, -0.25) is 0 Å². The standard InChI is InChI=1S/C24H20ClF2N3/c1-30(21-12-10-20(27)11-13-21)24(17-4-6-18(25)7-5-17)22-15-28-23(29-22)14-16-2-8-19(26)9-3-16/h2-13,15,24H,14H2,1H3,(H,28,29). The quantitative estimate of drug-likeness (QED) is 0.403. The molecule has 0 aliphatic heterocycles. The van der Waals surface area contributed by atoms with Crippen molar-refractivity contribution < 1.29 is 8.78 Å². The van der Waals surface area contributed by atoms with Crippen molar-refractivity contribution in [3.8, 4) is 0 Å². The van der Waals surface area contributed by atoms with Crippen LogP contribution >= 0.6 is 11.6 Å². The molecule has 1 unspecified atom stereocenters. The van der Waals surface area contributed by atoms with Gasteiger partial charge in [0.05, 0.1) is 17.9 Å². The summed E-state index contributed by atoms with van der Waals surface area (Å²) in [7, 11) is 1.95. The topological polar surface area (TPSA) is 31.9 Å². The van der Waals surface area contributed by atoms with Gasteiger partial charge >= 0.3 is 0 Å². The number of rotatable bonds is 6. The highest BCUT2D eigenvalue weighted by Gasteiger charge is 2.22. The molecule has 4 rings (SSSR count). The summed E-state index contributed by atoms with van der Waals surface area (Å²) >= 11 is 6.08. The Morgan fingerprint density at radius 3 is 2.13 bits per heavy atom. The van der Waals surface area contributed by atoms with Crippen molar-refractivity contribution in [2.45, 2.75) is 12.5 Å². The maximum Gasteiger partial charge on any atom is 0.123 e. The molecule has 6 heteroatoms. The fourth-order valence-electron chi connectivity index (χ4n) is 3.49. The van der Waals surface area contributed by atoms with Crippen LogP contribution in [0, 0.1) is 11.6 Å². The molecule has 0 amide bonds. The van der Waals surface area contributed by atoms with Crippen molar-refractivity contribution in [2.24, 2.45) is 0 Å². The van der Waals surface area contributed by atoms with E-state index in [1.54, 1.807) is 30.5 Å². The van der Waals surface area contributed by atoms with Crippen molar-refractivity contribution in [1.29, 1.82) is 0 Å². The molecule has 0 aliphatic rings. The van der Waals surface area contributed by atoms with Crippen LogP contribution in [0.15, 0.2) is 79.0 Å². The summed E-state index contributed by atoms with van der Waals surface area (Å²) in [6.07, 6.45) is 2.37. The van der Waals surface area contributed by atoms with Crippen LogP contribution in [0.25, 0.3) is 0 Å². The molecule has 0 radical (unpaired) electrons. The van der Waals surface area contributed by atoms with E-state index in [0.29, 0.717) is 11.4 Å². The Morgan fingerprint density at radius 2 is 1.50 bits per heavy atom. The van der Waals surface area contributed by atoms with Crippen LogP contribution in [0.1, 0.15) is 28.7 Å². The van der Waals surface area contributed by atoms with Crippen LogP contribution in [-0.4, -0.2) is 17.0 Å². The van der Waals surface area contributed by atoms with E-state index in [1.807, 2.05) is 31.3 Å². The van der Waals surface area contributed by atoms with Crippen molar-refractivity contribution in [1.82, 2.24) is 9.97 Å². The van der Waals surface area contributed by atoms with Crippen molar-refractivity contribution in [3.63, 3.8) is 0 Å². The molecule has 1 aromatic heterocycles. The second-order valence-electron chi connectivity index (χ2n) is 7.13. The van der Waals surface area contributed by atoms with Gasteiger partial charge in [-0.1, -0.05) is 35.9 Å². The first-order chi connectivity index (χ1) is 14.5. The SMILES string of the molecule is CN(c1ccc(F)cc1)C(c1ccc(Cl)cc1)c1cnc(Cc2ccc(F)cc2)[nH]1. The maximum atomic E-state index is 13.4. The van der Waals surface area contributed by atoms with E-state index < -0.39 is 0 Å². The van der Waals surface area contributed by atoms with Crippen LogP contribution < -0.4 is 4.90 Å². The molecule has 0 bridgehead atoms. The van der Waals surface area contributed by atoms with Gasteiger partial charge in [-0.05, 0) is 59.7 Å². The zero-order chi connectivity index (χ0) is 21.1. The molecular formula is C24H20ClF2N3. The third kappa shape index (κ3) is 4.52. The van der Waals surface area contributed by atoms with Crippen LogP contribution in [0.3, 0.4) is 0 Å². The zero-order valence-electron chi connectivity index (χ0n) is 16.3. The Morgan fingerprint density at radius 1 is 0.900 bits per heavy atom. The van der Waals surface area contributed by atoms with Gasteiger partial charge in [-0.25, -0.2) is 13.8 Å². The van der Waals surface area contributed by atoms with E-state index in [1.165, 1.54) is 24.3 Å². The lowest BCUT2D eigenvalue weighted by Gasteiger charge is -2.30. The lowest BCUT2D eigenvalue weighted by Crippen LogP contribution is -2.25. The summed E-state index contributed by atoms with van der Waals surface area (Å²) in [4.78, 5) is 9.98. The molecule has 3 aromatic carbocycles. The van der Waals surface area contributed by atoms with Gasteiger partial charge in [0.15, 0.2) is 0 Å². The summed E-state index contributed by atoms with van der Waals surface area (Å²) in [6, 6.07) is 20.2. The highest BCUT2D eigenvalue weighted by atomic mass is 35.5. The Balaban J connectivity index is 1.67. The number of benzene rings is 3. The fourth-order valence-corrected chi connectivity index (χ4v) is 3.61. The largest absolute Gasteiger partial charge is 0.362 e. The van der Waals surface area contributed by atoms with E-state index in [9.17, 15) is 8.78 Å².